The molecule has 22 nitrogen and oxygen atoms in total. The minimum Gasteiger partial charge on any atom is -0.381 e. The van der Waals surface area contributed by atoms with E-state index >= 15 is 0 Å². The summed E-state index contributed by atoms with van der Waals surface area (Å²) in [5.74, 6) is -18.7. The summed E-state index contributed by atoms with van der Waals surface area (Å²) >= 11 is 0. The Morgan fingerprint density at radius 1 is 0.400 bits per heavy atom. The summed E-state index contributed by atoms with van der Waals surface area (Å²) in [6.07, 6.45) is -21.4. The van der Waals surface area contributed by atoms with Gasteiger partial charge in [-0.2, -0.15) is 65.9 Å². The number of nitrogens with zero attached hydrogens (tertiary/aromatic N) is 4. The predicted molar refractivity (Wildman–Crippen MR) is 403 cm³/mol. The lowest BCUT2D eigenvalue weighted by Gasteiger charge is -2.42. The first-order valence-electron chi connectivity index (χ1n) is 37.7. The Morgan fingerprint density at radius 3 is 0.992 bits per heavy atom. The third-order valence-corrected chi connectivity index (χ3v) is 29.4. The molecule has 4 saturated heterocycles. The fourth-order valence-corrected chi connectivity index (χ4v) is 20.5. The number of aryl methyl sites for hydroxylation is 3. The van der Waals surface area contributed by atoms with Crippen LogP contribution < -0.4 is 16.4 Å². The standard InChI is InChI=1S/C29H36F5N3O5S.C28H32F5N3O5S.C22H21F6NO5S/c1-19(2)37(20(3)4)26(39)36-17-15-27(16-18-36,25(38)35-40)43(41,42)24-11-9-23(10-12-24)22-7-5-21(6-8-22)13-14-28(30,31)29(32,33)34;29-27(30,28(31,32)33)13-12-20-4-6-21(7-5-20)22-8-10-23(11-9-22)42(40,41)26(24(37)34-39)14-18-36(19-15-26)25(38)35-16-2-1-3-17-35;23-18-13-14(7-8-21(24,25)22(26,27)28)1-6-17(18)15-2-4-16(5-3-15)35(32,33)20(19(30)29-31)9-11-34-12-10-20/h5-12,19-20,40H,13-18H2,1-4H3,(H,35,38);4-11,39H,1-3,12-19H2,(H,34,37);1-6,13,31H,7-12H2,(H,29,30). The third kappa shape index (κ3) is 20.9. The molecule has 0 radical (unpaired) electrons. The minimum absolute atomic E-state index is 0.0152. The van der Waals surface area contributed by atoms with Gasteiger partial charge in [-0.3, -0.25) is 30.0 Å². The molecule has 0 aliphatic carbocycles. The lowest BCUT2D eigenvalue weighted by molar-refractivity contribution is -0.284. The summed E-state index contributed by atoms with van der Waals surface area (Å²) in [6, 6.07) is 30.3. The van der Waals surface area contributed by atoms with Crippen LogP contribution in [0.1, 0.15) is 121 Å². The maximum Gasteiger partial charge on any atom is 0.453 e. The van der Waals surface area contributed by atoms with E-state index in [2.05, 4.69) is 0 Å². The minimum atomic E-state index is -5.70. The topological polar surface area (TPSA) is 307 Å². The molecule has 0 atom stereocenters. The Kier molecular flexibility index (Phi) is 30.6. The van der Waals surface area contributed by atoms with Gasteiger partial charge in [0.15, 0.2) is 43.8 Å². The number of rotatable bonds is 23. The lowest BCUT2D eigenvalue weighted by Crippen LogP contribution is -2.60. The number of piperidine rings is 3. The number of hydrogen-bond acceptors (Lipinski definition) is 15. The average Bonchev–Trinajstić information content (AvgIpc) is 0.751. The molecule has 4 aliphatic rings. The van der Waals surface area contributed by atoms with Gasteiger partial charge in [0.05, 0.1) is 14.7 Å². The summed E-state index contributed by atoms with van der Waals surface area (Å²) in [6.45, 7) is 8.67. The van der Waals surface area contributed by atoms with Gasteiger partial charge < -0.3 is 24.3 Å². The van der Waals surface area contributed by atoms with Crippen molar-refractivity contribution in [2.24, 2.45) is 0 Å². The molecular weight excluding hydrogens is 1690 g/mol. The van der Waals surface area contributed by atoms with E-state index < -0.39 is 142 Å². The number of sulfone groups is 3. The zero-order valence-corrected chi connectivity index (χ0v) is 67.4. The number of hydroxylamine groups is 3. The second kappa shape index (κ2) is 38.1. The molecule has 6 N–H and O–H groups in total. The van der Waals surface area contributed by atoms with Gasteiger partial charge in [-0.1, -0.05) is 97.1 Å². The summed E-state index contributed by atoms with van der Waals surface area (Å²) in [4.78, 5) is 69.8. The largest absolute Gasteiger partial charge is 0.453 e. The molecule has 6 aromatic carbocycles. The number of ether oxygens (including phenoxy) is 1. The lowest BCUT2D eigenvalue weighted by atomic mass is 9.95. The number of urea groups is 2. The number of amides is 7. The monoisotopic (exact) mass is 1780 g/mol. The average molecular weight is 1780 g/mol. The van der Waals surface area contributed by atoms with Crippen molar-refractivity contribution < 1.29 is 140 Å². The van der Waals surface area contributed by atoms with E-state index in [9.17, 15) is 130 Å². The van der Waals surface area contributed by atoms with Crippen molar-refractivity contribution in [1.29, 1.82) is 0 Å². The Balaban J connectivity index is 0.000000225. The predicted octanol–water partition coefficient (Wildman–Crippen LogP) is 15.5. The molecule has 0 aromatic heterocycles. The van der Waals surface area contributed by atoms with Crippen LogP contribution >= 0.6 is 0 Å². The SMILES string of the molecule is CC(C)N(C(=O)N1CCC(C(=O)NO)(S(=O)(=O)c2ccc(-c3ccc(CCC(F)(F)C(F)(F)F)cc3)cc2)CC1)C(C)C.O=C(N1CCCCC1)N1CCC(C(=O)NO)(S(=O)(=O)c2ccc(-c3ccc(CCC(F)(F)C(F)(F)F)cc3)cc2)CC1.O=C(NO)C1(S(=O)(=O)c2ccc(-c3ccc(CCC(F)(F)C(F)(F)F)cc3F)cc2)CCOCC1. The van der Waals surface area contributed by atoms with E-state index in [0.29, 0.717) is 35.3 Å². The first-order chi connectivity index (χ1) is 55.8. The number of benzene rings is 6. The highest BCUT2D eigenvalue weighted by Gasteiger charge is 2.60. The van der Waals surface area contributed by atoms with Gasteiger partial charge in [0, 0.05) is 89.4 Å². The fourth-order valence-electron chi connectivity index (χ4n) is 14.6. The molecule has 6 aromatic rings. The highest BCUT2D eigenvalue weighted by atomic mass is 32.2. The molecule has 4 aliphatic heterocycles. The van der Waals surface area contributed by atoms with Crippen molar-refractivity contribution in [1.82, 2.24) is 36.0 Å². The number of likely N-dealkylation sites (tertiary alicyclic amines) is 3. The van der Waals surface area contributed by atoms with E-state index in [1.807, 2.05) is 27.7 Å². The maximum absolute atomic E-state index is 14.6. The van der Waals surface area contributed by atoms with Crippen LogP contribution in [-0.4, -0.2) is 205 Å². The van der Waals surface area contributed by atoms with Crippen LogP contribution in [0.3, 0.4) is 0 Å². The van der Waals surface area contributed by atoms with Gasteiger partial charge >= 0.3 is 48.4 Å². The molecule has 7 amide bonds. The molecule has 0 spiro atoms. The number of carbonyl (C=O) groups excluding carboxylic acids is 5. The van der Waals surface area contributed by atoms with E-state index in [1.165, 1.54) is 148 Å². The highest BCUT2D eigenvalue weighted by molar-refractivity contribution is 7.94. The van der Waals surface area contributed by atoms with Crippen LogP contribution in [0.25, 0.3) is 33.4 Å². The number of nitrogens with one attached hydrogen (secondary N) is 3. The Labute approximate surface area is 681 Å². The first kappa shape index (κ1) is 96.3. The summed E-state index contributed by atoms with van der Waals surface area (Å²) < 4.78 is 286. The molecule has 0 unspecified atom stereocenters. The number of hydrogen-bond donors (Lipinski definition) is 6. The zero-order valence-electron chi connectivity index (χ0n) is 65.0. The van der Waals surface area contributed by atoms with Crippen LogP contribution in [0.2, 0.25) is 0 Å². The van der Waals surface area contributed by atoms with Gasteiger partial charge in [-0.05, 0) is 192 Å². The van der Waals surface area contributed by atoms with Crippen molar-refractivity contribution in [3.63, 3.8) is 0 Å². The van der Waals surface area contributed by atoms with Crippen LogP contribution in [0, 0.1) is 5.82 Å². The van der Waals surface area contributed by atoms with Gasteiger partial charge in [0.25, 0.3) is 17.7 Å². The second-order valence-corrected chi connectivity index (χ2v) is 36.8. The fraction of sp³-hybridized carbons (Fsp3) is 0.481. The summed E-state index contributed by atoms with van der Waals surface area (Å²) in [5.41, 5.74) is 7.25. The zero-order chi connectivity index (χ0) is 89.2. The van der Waals surface area contributed by atoms with Gasteiger partial charge in [0.2, 0.25) is 0 Å². The van der Waals surface area contributed by atoms with Crippen LogP contribution in [0.15, 0.2) is 154 Å². The normalized spacial score (nSPS) is 16.9. The van der Waals surface area contributed by atoms with E-state index in [0.717, 1.165) is 37.5 Å². The molecule has 660 valence electrons. The Bertz CT molecular complexity index is 4900. The van der Waals surface area contributed by atoms with Gasteiger partial charge in [-0.25, -0.2) is 55.7 Å². The number of alkyl halides is 15. The summed E-state index contributed by atoms with van der Waals surface area (Å²) in [7, 11) is -13.0. The van der Waals surface area contributed by atoms with Crippen LogP contribution in [0.4, 0.5) is 79.8 Å². The number of halogens is 16. The van der Waals surface area contributed by atoms with Crippen molar-refractivity contribution in [2.45, 2.75) is 201 Å². The third-order valence-electron chi connectivity index (χ3n) is 21.9. The van der Waals surface area contributed by atoms with E-state index in [-0.39, 0.29) is 145 Å². The van der Waals surface area contributed by atoms with Crippen molar-refractivity contribution in [3.8, 4) is 33.4 Å². The molecule has 4 fully saturated rings. The second-order valence-electron chi connectivity index (χ2n) is 30.0. The smallest absolute Gasteiger partial charge is 0.381 e. The van der Waals surface area contributed by atoms with Crippen LogP contribution in [0.5, 0.6) is 0 Å². The molecule has 120 heavy (non-hydrogen) atoms. The quantitative estimate of drug-likeness (QED) is 0.0197. The number of carbonyl (C=O) groups is 5. The van der Waals surface area contributed by atoms with Crippen LogP contribution in [-0.2, 0) is 67.9 Å². The molecule has 4 heterocycles. The molecule has 10 rings (SSSR count). The molecule has 0 bridgehead atoms. The molecular formula is C79H89F16N7O15S3. The van der Waals surface area contributed by atoms with E-state index in [1.54, 1.807) is 9.80 Å². The Hall–Kier alpha value is -9.16. The summed E-state index contributed by atoms with van der Waals surface area (Å²) in [5, 5.41) is 28.0. The highest BCUT2D eigenvalue weighted by Crippen LogP contribution is 2.45. The Morgan fingerprint density at radius 2 is 0.683 bits per heavy atom. The molecule has 0 saturated carbocycles. The van der Waals surface area contributed by atoms with Gasteiger partial charge in [0.1, 0.15) is 5.82 Å². The van der Waals surface area contributed by atoms with Gasteiger partial charge in [-0.15, -0.1) is 0 Å². The first-order valence-corrected chi connectivity index (χ1v) is 42.2. The van der Waals surface area contributed by atoms with Crippen molar-refractivity contribution in [3.05, 3.63) is 162 Å². The van der Waals surface area contributed by atoms with E-state index in [4.69, 9.17) is 9.94 Å². The molecule has 41 heteroatoms. The van der Waals surface area contributed by atoms with Crippen molar-refractivity contribution in [2.75, 3.05) is 52.5 Å². The van der Waals surface area contributed by atoms with Crippen molar-refractivity contribution >= 4 is 59.3 Å². The maximum atomic E-state index is 14.6.